The second-order valence-corrected chi connectivity index (χ2v) is 10.7. The summed E-state index contributed by atoms with van der Waals surface area (Å²) in [5.74, 6) is -6.50. The van der Waals surface area contributed by atoms with Crippen molar-refractivity contribution in [2.75, 3.05) is 13.7 Å². The minimum atomic E-state index is -1.95. The van der Waals surface area contributed by atoms with Gasteiger partial charge in [0.1, 0.15) is 0 Å². The molecule has 10 nitrogen and oxygen atoms in total. The van der Waals surface area contributed by atoms with Gasteiger partial charge in [-0.3, -0.25) is 24.1 Å². The number of primary amides is 1. The number of hydrogen-bond donors (Lipinski definition) is 2. The van der Waals surface area contributed by atoms with Crippen molar-refractivity contribution >= 4 is 52.9 Å². The number of fused-ring (bicyclic) bond motifs is 4. The van der Waals surface area contributed by atoms with E-state index in [1.54, 1.807) is 19.1 Å². The average molecular weight is 536 g/mol. The Balaban J connectivity index is 1.73. The quantitative estimate of drug-likeness (QED) is 0.341. The number of nitrogens with two attached hydrogens (primary N) is 1. The van der Waals surface area contributed by atoms with Crippen LogP contribution in [0.4, 0.5) is 4.79 Å². The molecule has 6 amide bonds. The van der Waals surface area contributed by atoms with E-state index in [0.29, 0.717) is 16.0 Å². The monoisotopic (exact) mass is 535 g/mol. The first-order chi connectivity index (χ1) is 16.9. The second-order valence-electron chi connectivity index (χ2n) is 9.51. The molecule has 0 spiro atoms. The van der Waals surface area contributed by atoms with Gasteiger partial charge in [0.25, 0.3) is 11.8 Å². The van der Waals surface area contributed by atoms with Crippen LogP contribution in [-0.4, -0.2) is 68.0 Å². The van der Waals surface area contributed by atoms with E-state index in [0.717, 1.165) is 4.90 Å². The number of phenolic OH excluding ortho intramolecular Hbond substituents is 1. The highest BCUT2D eigenvalue weighted by molar-refractivity contribution is 6.53. The maximum absolute atomic E-state index is 13.5. The molecule has 36 heavy (non-hydrogen) atoms. The van der Waals surface area contributed by atoms with Crippen molar-refractivity contribution in [3.8, 4) is 11.5 Å². The molecular formula is C24H23Cl2N3O7. The normalized spacial score (nSPS) is 35.4. The fraction of sp³-hybridized carbons (Fsp3) is 0.458. The summed E-state index contributed by atoms with van der Waals surface area (Å²) in [6.45, 7) is 1.99. The molecule has 0 bridgehead atoms. The van der Waals surface area contributed by atoms with E-state index >= 15 is 0 Å². The maximum Gasteiger partial charge on any atom is 0.328 e. The minimum absolute atomic E-state index is 0.109. The molecule has 6 unspecified atom stereocenters. The van der Waals surface area contributed by atoms with E-state index < -0.39 is 63.1 Å². The lowest BCUT2D eigenvalue weighted by atomic mass is 9.56. The third-order valence-corrected chi connectivity index (χ3v) is 9.26. The van der Waals surface area contributed by atoms with Crippen molar-refractivity contribution in [1.29, 1.82) is 0 Å². The summed E-state index contributed by atoms with van der Waals surface area (Å²) in [5, 5.41) is 10.2. The number of ether oxygens (including phenoxy) is 1. The van der Waals surface area contributed by atoms with E-state index in [9.17, 15) is 29.1 Å². The van der Waals surface area contributed by atoms with Gasteiger partial charge in [0, 0.05) is 13.0 Å². The van der Waals surface area contributed by atoms with Gasteiger partial charge < -0.3 is 15.6 Å². The van der Waals surface area contributed by atoms with Crippen LogP contribution < -0.4 is 10.5 Å². The summed E-state index contributed by atoms with van der Waals surface area (Å²) in [6, 6.07) is 3.28. The highest BCUT2D eigenvalue weighted by Gasteiger charge is 2.76. The van der Waals surface area contributed by atoms with E-state index in [2.05, 4.69) is 0 Å². The molecule has 4 aliphatic rings. The highest BCUT2D eigenvalue weighted by Crippen LogP contribution is 2.65. The predicted octanol–water partition coefficient (Wildman–Crippen LogP) is 1.86. The number of hydrogen-bond acceptors (Lipinski definition) is 7. The van der Waals surface area contributed by atoms with Gasteiger partial charge >= 0.3 is 6.03 Å². The molecule has 3 N–H and O–H groups in total. The number of carbonyl (C=O) groups is 5. The molecular weight excluding hydrogens is 513 g/mol. The fourth-order valence-corrected chi connectivity index (χ4v) is 7.34. The SMILES string of the molecule is CCOc1cc(C2C3=CCC4C(=O)N(C(N)=O)C(=O)C4C3CC3(Cl)C(=O)N(C)C(=O)C23Cl)ccc1O. The topological polar surface area (TPSA) is 147 Å². The molecule has 12 heteroatoms. The second kappa shape index (κ2) is 7.94. The smallest absolute Gasteiger partial charge is 0.328 e. The van der Waals surface area contributed by atoms with Gasteiger partial charge in [-0.25, -0.2) is 4.79 Å². The molecule has 2 heterocycles. The van der Waals surface area contributed by atoms with Crippen molar-refractivity contribution in [2.24, 2.45) is 23.5 Å². The predicted molar refractivity (Wildman–Crippen MR) is 126 cm³/mol. The lowest BCUT2D eigenvalue weighted by molar-refractivity contribution is -0.139. The third-order valence-electron chi connectivity index (χ3n) is 7.85. The summed E-state index contributed by atoms with van der Waals surface area (Å²) in [4.78, 5) is 62.2. The number of urea groups is 1. The standard InChI is InChI=1S/C24H23Cl2N3O7/c1-3-36-15-8-10(4-7-14(15)30)17-11-5-6-12-16(19(32)29(18(12)31)22(27)35)13(11)9-23(25)20(33)28(2)21(34)24(17,23)26/h4-5,7-8,12-13,16-17,30H,3,6,9H2,1-2H3,(H2,27,35). The van der Waals surface area contributed by atoms with E-state index in [4.69, 9.17) is 33.7 Å². The first-order valence-electron chi connectivity index (χ1n) is 11.4. The molecule has 2 saturated heterocycles. The number of amides is 6. The zero-order valence-electron chi connectivity index (χ0n) is 19.4. The zero-order valence-corrected chi connectivity index (χ0v) is 20.9. The Kier molecular flexibility index (Phi) is 5.42. The van der Waals surface area contributed by atoms with Crippen molar-refractivity contribution < 1.29 is 33.8 Å². The Morgan fingerprint density at radius 3 is 2.50 bits per heavy atom. The van der Waals surface area contributed by atoms with Gasteiger partial charge in [-0.05, 0) is 43.4 Å². The third kappa shape index (κ3) is 2.88. The lowest BCUT2D eigenvalue weighted by Gasteiger charge is -2.50. The molecule has 1 saturated carbocycles. The molecule has 2 aliphatic carbocycles. The first kappa shape index (κ1) is 24.6. The molecule has 6 atom stereocenters. The molecule has 5 rings (SSSR count). The number of rotatable bonds is 3. The van der Waals surface area contributed by atoms with Gasteiger partial charge in [-0.2, -0.15) is 4.90 Å². The molecule has 1 aromatic rings. The Morgan fingerprint density at radius 2 is 1.86 bits per heavy atom. The van der Waals surface area contributed by atoms with Crippen LogP contribution >= 0.6 is 23.2 Å². The number of phenols is 1. The van der Waals surface area contributed by atoms with Crippen LogP contribution in [0.15, 0.2) is 29.8 Å². The van der Waals surface area contributed by atoms with E-state index in [1.165, 1.54) is 19.2 Å². The van der Waals surface area contributed by atoms with Crippen LogP contribution in [0.3, 0.4) is 0 Å². The van der Waals surface area contributed by atoms with Gasteiger partial charge in [-0.15, -0.1) is 23.2 Å². The average Bonchev–Trinajstić information content (AvgIpc) is 3.16. The lowest BCUT2D eigenvalue weighted by Crippen LogP contribution is -2.60. The number of carbonyl (C=O) groups excluding carboxylic acids is 5. The van der Waals surface area contributed by atoms with Crippen LogP contribution in [0.1, 0.15) is 31.2 Å². The minimum Gasteiger partial charge on any atom is -0.504 e. The van der Waals surface area contributed by atoms with E-state index in [1.807, 2.05) is 0 Å². The molecule has 2 aliphatic heterocycles. The van der Waals surface area contributed by atoms with E-state index in [-0.39, 0.29) is 30.9 Å². The van der Waals surface area contributed by atoms with Crippen LogP contribution in [-0.2, 0) is 19.2 Å². The highest BCUT2D eigenvalue weighted by atomic mass is 35.5. The Hall–Kier alpha value is -3.11. The molecule has 0 radical (unpaired) electrons. The Bertz CT molecular complexity index is 1280. The first-order valence-corrected chi connectivity index (χ1v) is 12.2. The summed E-state index contributed by atoms with van der Waals surface area (Å²) < 4.78 is 5.52. The number of imide groups is 4. The number of alkyl halides is 2. The number of likely N-dealkylation sites (tertiary alicyclic amines) is 2. The van der Waals surface area contributed by atoms with Gasteiger partial charge in [0.15, 0.2) is 21.2 Å². The van der Waals surface area contributed by atoms with Crippen LogP contribution in [0.2, 0.25) is 0 Å². The summed E-state index contributed by atoms with van der Waals surface area (Å²) in [7, 11) is 1.29. The summed E-state index contributed by atoms with van der Waals surface area (Å²) >= 11 is 14.1. The number of allylic oxidation sites excluding steroid dienone is 2. The fourth-order valence-electron chi connectivity index (χ4n) is 6.32. The summed E-state index contributed by atoms with van der Waals surface area (Å²) in [5.41, 5.74) is 6.30. The van der Waals surface area contributed by atoms with Crippen LogP contribution in [0.25, 0.3) is 0 Å². The van der Waals surface area contributed by atoms with Crippen molar-refractivity contribution in [2.45, 2.75) is 35.4 Å². The maximum atomic E-state index is 13.5. The van der Waals surface area contributed by atoms with Gasteiger partial charge in [0.2, 0.25) is 11.8 Å². The molecule has 3 fully saturated rings. The van der Waals surface area contributed by atoms with Crippen molar-refractivity contribution in [3.05, 3.63) is 35.4 Å². The summed E-state index contributed by atoms with van der Waals surface area (Å²) in [6.07, 6.45) is 1.65. The van der Waals surface area contributed by atoms with Crippen molar-refractivity contribution in [3.63, 3.8) is 0 Å². The zero-order chi connectivity index (χ0) is 26.3. The van der Waals surface area contributed by atoms with Gasteiger partial charge in [-0.1, -0.05) is 17.7 Å². The Morgan fingerprint density at radius 1 is 1.17 bits per heavy atom. The number of nitrogens with zero attached hydrogens (tertiary/aromatic N) is 2. The molecule has 190 valence electrons. The van der Waals surface area contributed by atoms with Crippen LogP contribution in [0.5, 0.6) is 11.5 Å². The molecule has 0 aromatic heterocycles. The van der Waals surface area contributed by atoms with Gasteiger partial charge in [0.05, 0.1) is 18.4 Å². The largest absolute Gasteiger partial charge is 0.504 e. The number of halogens is 2. The van der Waals surface area contributed by atoms with Crippen molar-refractivity contribution in [1.82, 2.24) is 9.80 Å². The van der Waals surface area contributed by atoms with Crippen LogP contribution in [0, 0.1) is 17.8 Å². The molecule has 1 aromatic carbocycles. The number of aromatic hydroxyl groups is 1. The Labute approximate surface area is 215 Å². The number of benzene rings is 1.